The molecular weight excluding hydrogens is 400 g/mol. The van der Waals surface area contributed by atoms with E-state index in [9.17, 15) is 13.2 Å². The van der Waals surface area contributed by atoms with E-state index in [1.807, 2.05) is 56.3 Å². The van der Waals surface area contributed by atoms with Gasteiger partial charge in [0.2, 0.25) is 0 Å². The zero-order valence-electron chi connectivity index (χ0n) is 16.8. The predicted molar refractivity (Wildman–Crippen MR) is 117 cm³/mol. The van der Waals surface area contributed by atoms with Gasteiger partial charge in [0.1, 0.15) is 5.75 Å². The van der Waals surface area contributed by atoms with E-state index in [0.29, 0.717) is 11.4 Å². The first-order chi connectivity index (χ1) is 14.3. The van der Waals surface area contributed by atoms with Gasteiger partial charge in [-0.15, -0.1) is 0 Å². The van der Waals surface area contributed by atoms with Crippen LogP contribution in [0.5, 0.6) is 5.75 Å². The Hall–Kier alpha value is -3.32. The minimum atomic E-state index is -3.71. The van der Waals surface area contributed by atoms with Crippen LogP contribution in [-0.4, -0.2) is 20.9 Å². The normalized spacial score (nSPS) is 12.1. The van der Waals surface area contributed by atoms with E-state index in [4.69, 9.17) is 4.74 Å². The van der Waals surface area contributed by atoms with Crippen LogP contribution in [0.3, 0.4) is 0 Å². The number of carbonyl (C=O) groups excluding carboxylic acids is 1. The Morgan fingerprint density at radius 3 is 2.20 bits per heavy atom. The third kappa shape index (κ3) is 5.84. The highest BCUT2D eigenvalue weighted by Gasteiger charge is 2.15. The van der Waals surface area contributed by atoms with Crippen molar-refractivity contribution >= 4 is 21.6 Å². The molecule has 1 atom stereocenters. The van der Waals surface area contributed by atoms with Crippen molar-refractivity contribution in [2.24, 2.45) is 0 Å². The first-order valence-corrected chi connectivity index (χ1v) is 11.0. The average molecular weight is 425 g/mol. The summed E-state index contributed by atoms with van der Waals surface area (Å²) in [4.78, 5) is 12.2. The molecule has 0 fully saturated rings. The molecule has 0 spiro atoms. The fourth-order valence-corrected chi connectivity index (χ4v) is 3.87. The summed E-state index contributed by atoms with van der Waals surface area (Å²) in [7, 11) is -3.71. The quantitative estimate of drug-likeness (QED) is 0.571. The highest BCUT2D eigenvalue weighted by atomic mass is 32.2. The number of nitrogens with one attached hydrogen (secondary N) is 2. The van der Waals surface area contributed by atoms with Gasteiger partial charge in [0.05, 0.1) is 10.9 Å². The van der Waals surface area contributed by atoms with E-state index < -0.39 is 10.0 Å². The highest BCUT2D eigenvalue weighted by Crippen LogP contribution is 2.20. The Balaban J connectivity index is 1.55. The van der Waals surface area contributed by atoms with Crippen molar-refractivity contribution in [1.29, 1.82) is 0 Å². The van der Waals surface area contributed by atoms with Crippen molar-refractivity contribution < 1.29 is 17.9 Å². The molecule has 0 radical (unpaired) electrons. The number of anilines is 1. The van der Waals surface area contributed by atoms with Crippen molar-refractivity contribution in [1.82, 2.24) is 5.32 Å². The van der Waals surface area contributed by atoms with Crippen LogP contribution in [0.15, 0.2) is 83.8 Å². The number of benzene rings is 3. The van der Waals surface area contributed by atoms with Gasteiger partial charge in [-0.1, -0.05) is 48.0 Å². The van der Waals surface area contributed by atoms with Gasteiger partial charge in [0, 0.05) is 5.69 Å². The Labute approximate surface area is 177 Å². The molecule has 2 N–H and O–H groups in total. The first-order valence-electron chi connectivity index (χ1n) is 9.50. The number of sulfonamides is 1. The van der Waals surface area contributed by atoms with Crippen LogP contribution in [0.4, 0.5) is 5.69 Å². The molecule has 0 saturated heterocycles. The maximum Gasteiger partial charge on any atom is 0.261 e. The second-order valence-corrected chi connectivity index (χ2v) is 8.61. The second-order valence-electron chi connectivity index (χ2n) is 6.93. The van der Waals surface area contributed by atoms with E-state index in [2.05, 4.69) is 10.0 Å². The van der Waals surface area contributed by atoms with Gasteiger partial charge in [-0.05, 0) is 55.8 Å². The lowest BCUT2D eigenvalue weighted by molar-refractivity contribution is -0.123. The van der Waals surface area contributed by atoms with E-state index in [1.54, 1.807) is 12.1 Å². The Kier molecular flexibility index (Phi) is 6.74. The lowest BCUT2D eigenvalue weighted by Gasteiger charge is -2.15. The molecule has 3 rings (SSSR count). The molecule has 0 aliphatic carbocycles. The summed E-state index contributed by atoms with van der Waals surface area (Å²) in [6.07, 6.45) is 0. The number of amides is 1. The number of carbonyl (C=O) groups is 1. The third-order valence-electron chi connectivity index (χ3n) is 4.48. The monoisotopic (exact) mass is 424 g/mol. The summed E-state index contributed by atoms with van der Waals surface area (Å²) in [6, 6.07) is 22.5. The molecule has 6 nitrogen and oxygen atoms in total. The third-order valence-corrected chi connectivity index (χ3v) is 5.88. The SMILES string of the molecule is Cc1ccc(NS(=O)(=O)c2ccc(OCC(=O)N[C@@H](C)c3ccccc3)cc2)cc1. The fraction of sp³-hybridized carbons (Fsp3) is 0.174. The zero-order valence-corrected chi connectivity index (χ0v) is 17.6. The van der Waals surface area contributed by atoms with E-state index in [0.717, 1.165) is 11.1 Å². The highest BCUT2D eigenvalue weighted by molar-refractivity contribution is 7.92. The summed E-state index contributed by atoms with van der Waals surface area (Å²) in [5, 5.41) is 2.86. The summed E-state index contributed by atoms with van der Waals surface area (Å²) >= 11 is 0. The van der Waals surface area contributed by atoms with Crippen molar-refractivity contribution in [3.63, 3.8) is 0 Å². The maximum atomic E-state index is 12.5. The number of hydrogen-bond donors (Lipinski definition) is 2. The maximum absolute atomic E-state index is 12.5. The number of hydrogen-bond acceptors (Lipinski definition) is 4. The molecule has 0 aliphatic rings. The molecule has 7 heteroatoms. The van der Waals surface area contributed by atoms with Gasteiger partial charge >= 0.3 is 0 Å². The number of ether oxygens (including phenoxy) is 1. The molecule has 0 unspecified atom stereocenters. The largest absolute Gasteiger partial charge is 0.484 e. The van der Waals surface area contributed by atoms with Gasteiger partial charge < -0.3 is 10.1 Å². The first kappa shape index (κ1) is 21.4. The average Bonchev–Trinajstić information content (AvgIpc) is 2.74. The zero-order chi connectivity index (χ0) is 21.6. The predicted octanol–water partition coefficient (Wildman–Crippen LogP) is 4.05. The van der Waals surface area contributed by atoms with Gasteiger partial charge in [-0.2, -0.15) is 0 Å². The minimum absolute atomic E-state index is 0.109. The van der Waals surface area contributed by atoms with Crippen LogP contribution in [0.2, 0.25) is 0 Å². The number of aryl methyl sites for hydroxylation is 1. The van der Waals surface area contributed by atoms with Crippen LogP contribution >= 0.6 is 0 Å². The molecule has 156 valence electrons. The lowest BCUT2D eigenvalue weighted by Crippen LogP contribution is -2.31. The molecule has 30 heavy (non-hydrogen) atoms. The van der Waals surface area contributed by atoms with Gasteiger partial charge in [-0.3, -0.25) is 9.52 Å². The number of rotatable bonds is 8. The van der Waals surface area contributed by atoms with Crippen molar-refractivity contribution in [3.05, 3.63) is 90.0 Å². The van der Waals surface area contributed by atoms with Gasteiger partial charge in [0.25, 0.3) is 15.9 Å². The molecular formula is C23H24N2O4S. The summed E-state index contributed by atoms with van der Waals surface area (Å²) in [5.41, 5.74) is 2.54. The van der Waals surface area contributed by atoms with Gasteiger partial charge in [0.15, 0.2) is 6.61 Å². The van der Waals surface area contributed by atoms with Crippen molar-refractivity contribution in [2.75, 3.05) is 11.3 Å². The molecule has 0 bridgehead atoms. The molecule has 0 aliphatic heterocycles. The Morgan fingerprint density at radius 1 is 0.933 bits per heavy atom. The standard InChI is InChI=1S/C23H24N2O4S/c1-17-8-10-20(11-9-17)25-30(27,28)22-14-12-21(13-15-22)29-16-23(26)24-18(2)19-6-4-3-5-7-19/h3-15,18,25H,16H2,1-2H3,(H,24,26)/t18-/m0/s1. The van der Waals surface area contributed by atoms with Crippen LogP contribution in [0.1, 0.15) is 24.1 Å². The molecule has 0 aromatic heterocycles. The molecule has 0 saturated carbocycles. The summed E-state index contributed by atoms with van der Waals surface area (Å²) in [5.74, 6) is 0.149. The molecule has 3 aromatic rings. The Bertz CT molecular complexity index is 1080. The van der Waals surface area contributed by atoms with Gasteiger partial charge in [-0.25, -0.2) is 8.42 Å². The molecule has 3 aromatic carbocycles. The van der Waals surface area contributed by atoms with Crippen LogP contribution in [0, 0.1) is 6.92 Å². The topological polar surface area (TPSA) is 84.5 Å². The van der Waals surface area contributed by atoms with Crippen LogP contribution < -0.4 is 14.8 Å². The van der Waals surface area contributed by atoms with Crippen LogP contribution in [-0.2, 0) is 14.8 Å². The van der Waals surface area contributed by atoms with Crippen LogP contribution in [0.25, 0.3) is 0 Å². The van der Waals surface area contributed by atoms with E-state index in [1.165, 1.54) is 24.3 Å². The fourth-order valence-electron chi connectivity index (χ4n) is 2.81. The van der Waals surface area contributed by atoms with E-state index in [-0.39, 0.29) is 23.5 Å². The van der Waals surface area contributed by atoms with Crippen molar-refractivity contribution in [2.45, 2.75) is 24.8 Å². The van der Waals surface area contributed by atoms with E-state index >= 15 is 0 Å². The molecule has 1 amide bonds. The lowest BCUT2D eigenvalue weighted by atomic mass is 10.1. The second kappa shape index (κ2) is 9.45. The summed E-state index contributed by atoms with van der Waals surface area (Å²) in [6.45, 7) is 3.67. The van der Waals surface area contributed by atoms with Crippen molar-refractivity contribution in [3.8, 4) is 5.75 Å². The molecule has 0 heterocycles. The smallest absolute Gasteiger partial charge is 0.261 e. The summed E-state index contributed by atoms with van der Waals surface area (Å²) < 4.78 is 33.0. The Morgan fingerprint density at radius 2 is 1.57 bits per heavy atom. The minimum Gasteiger partial charge on any atom is -0.484 e.